The molecular formula is C20H29N3O4. The molecule has 3 N–H and O–H groups in total. The molecule has 2 aliphatic heterocycles. The predicted molar refractivity (Wildman–Crippen MR) is 102 cm³/mol. The number of nitrogens with two attached hydrogens (primary N) is 1. The number of carbonyl (C=O) groups excluding carboxylic acids is 2. The van der Waals surface area contributed by atoms with Crippen LogP contribution in [0.4, 0.5) is 0 Å². The number of hydrogen-bond donors (Lipinski definition) is 2. The van der Waals surface area contributed by atoms with E-state index in [1.54, 1.807) is 7.11 Å². The highest BCUT2D eigenvalue weighted by molar-refractivity contribution is 5.80. The molecule has 0 saturated carbocycles. The van der Waals surface area contributed by atoms with Crippen LogP contribution in [0.15, 0.2) is 18.2 Å². The van der Waals surface area contributed by atoms with Gasteiger partial charge in [-0.25, -0.2) is 0 Å². The number of likely N-dealkylation sites (tertiary alicyclic amines) is 1. The van der Waals surface area contributed by atoms with E-state index in [4.69, 9.17) is 15.2 Å². The fraction of sp³-hybridized carbons (Fsp3) is 0.600. The molecule has 1 fully saturated rings. The third-order valence-electron chi connectivity index (χ3n) is 5.34. The minimum absolute atomic E-state index is 0.0414. The number of rotatable bonds is 6. The molecular weight excluding hydrogens is 346 g/mol. The Hall–Kier alpha value is -2.28. The van der Waals surface area contributed by atoms with Crippen LogP contribution in [0.1, 0.15) is 31.2 Å². The Bertz CT molecular complexity index is 679. The molecule has 2 atom stereocenters. The fourth-order valence-electron chi connectivity index (χ4n) is 3.85. The molecule has 3 rings (SSSR count). The van der Waals surface area contributed by atoms with Crippen LogP contribution in [0.2, 0.25) is 0 Å². The van der Waals surface area contributed by atoms with Crippen LogP contribution in [-0.2, 0) is 16.0 Å². The van der Waals surface area contributed by atoms with Crippen LogP contribution in [-0.4, -0.2) is 56.1 Å². The van der Waals surface area contributed by atoms with Crippen LogP contribution in [0.5, 0.6) is 11.5 Å². The molecule has 2 aliphatic rings. The van der Waals surface area contributed by atoms with Crippen molar-refractivity contribution < 1.29 is 19.1 Å². The minimum Gasteiger partial charge on any atom is -0.497 e. The van der Waals surface area contributed by atoms with Gasteiger partial charge in [0.05, 0.1) is 13.0 Å². The van der Waals surface area contributed by atoms with Crippen molar-refractivity contribution in [2.24, 2.45) is 11.7 Å². The summed E-state index contributed by atoms with van der Waals surface area (Å²) >= 11 is 0. The van der Waals surface area contributed by atoms with Crippen LogP contribution in [0, 0.1) is 5.92 Å². The summed E-state index contributed by atoms with van der Waals surface area (Å²) in [4.78, 5) is 26.9. The Morgan fingerprint density at radius 1 is 1.37 bits per heavy atom. The largest absolute Gasteiger partial charge is 0.497 e. The average molecular weight is 375 g/mol. The highest BCUT2D eigenvalue weighted by Crippen LogP contribution is 2.32. The first-order valence-corrected chi connectivity index (χ1v) is 9.69. The van der Waals surface area contributed by atoms with Crippen molar-refractivity contribution in [2.75, 3.05) is 33.4 Å². The highest BCUT2D eigenvalue weighted by Gasteiger charge is 2.34. The summed E-state index contributed by atoms with van der Waals surface area (Å²) in [6, 6.07) is 5.74. The molecule has 0 aliphatic carbocycles. The Balaban J connectivity index is 1.65. The van der Waals surface area contributed by atoms with Crippen LogP contribution < -0.4 is 20.5 Å². The molecule has 7 nitrogen and oxygen atoms in total. The van der Waals surface area contributed by atoms with Gasteiger partial charge in [0.15, 0.2) is 0 Å². The zero-order valence-corrected chi connectivity index (χ0v) is 15.9. The monoisotopic (exact) mass is 375 g/mol. The van der Waals surface area contributed by atoms with E-state index < -0.39 is 0 Å². The third-order valence-corrected chi connectivity index (χ3v) is 5.34. The fourth-order valence-corrected chi connectivity index (χ4v) is 3.85. The van der Waals surface area contributed by atoms with Crippen LogP contribution in [0.25, 0.3) is 0 Å². The van der Waals surface area contributed by atoms with Gasteiger partial charge in [-0.3, -0.25) is 9.59 Å². The molecule has 27 heavy (non-hydrogen) atoms. The van der Waals surface area contributed by atoms with Crippen molar-refractivity contribution in [3.8, 4) is 11.5 Å². The highest BCUT2D eigenvalue weighted by atomic mass is 16.5. The lowest BCUT2D eigenvalue weighted by Gasteiger charge is -2.39. The maximum Gasteiger partial charge on any atom is 0.229 e. The van der Waals surface area contributed by atoms with E-state index in [1.165, 1.54) is 0 Å². The molecule has 0 spiro atoms. The normalized spacial score (nSPS) is 21.8. The summed E-state index contributed by atoms with van der Waals surface area (Å²) in [6.45, 7) is 1.95. The number of ether oxygens (including phenoxy) is 2. The first-order chi connectivity index (χ1) is 13.1. The molecule has 2 amide bonds. The first-order valence-electron chi connectivity index (χ1n) is 9.69. The summed E-state index contributed by atoms with van der Waals surface area (Å²) in [5.41, 5.74) is 6.43. The quantitative estimate of drug-likeness (QED) is 0.776. The second-order valence-corrected chi connectivity index (χ2v) is 7.21. The standard InChI is InChI=1S/C20H29N3O4/c1-26-17-5-6-18-14(11-17)10-15(13-27-18)20(25)23-9-3-2-4-16(23)12-22-19(24)7-8-21/h5-6,11,15-16H,2-4,7-10,12-13,21H2,1H3,(H,22,24). The zero-order chi connectivity index (χ0) is 19.2. The van der Waals surface area contributed by atoms with Crippen molar-refractivity contribution in [1.82, 2.24) is 10.2 Å². The summed E-state index contributed by atoms with van der Waals surface area (Å²) in [5, 5.41) is 2.91. The van der Waals surface area contributed by atoms with Crippen molar-refractivity contribution in [1.29, 1.82) is 0 Å². The van der Waals surface area contributed by atoms with Gasteiger partial charge in [0.25, 0.3) is 0 Å². The van der Waals surface area contributed by atoms with Crippen molar-refractivity contribution in [3.63, 3.8) is 0 Å². The second-order valence-electron chi connectivity index (χ2n) is 7.21. The lowest BCUT2D eigenvalue weighted by atomic mass is 9.93. The van der Waals surface area contributed by atoms with Crippen LogP contribution in [0.3, 0.4) is 0 Å². The molecule has 2 heterocycles. The molecule has 0 radical (unpaired) electrons. The Morgan fingerprint density at radius 2 is 2.22 bits per heavy atom. The number of nitrogens with one attached hydrogen (secondary N) is 1. The van der Waals surface area contributed by atoms with Crippen molar-refractivity contribution >= 4 is 11.8 Å². The second kappa shape index (κ2) is 9.08. The van der Waals surface area contributed by atoms with Gasteiger partial charge in [-0.2, -0.15) is 0 Å². The zero-order valence-electron chi connectivity index (χ0n) is 15.9. The van der Waals surface area contributed by atoms with E-state index in [2.05, 4.69) is 5.32 Å². The Kier molecular flexibility index (Phi) is 6.55. The van der Waals surface area contributed by atoms with Crippen molar-refractivity contribution in [3.05, 3.63) is 23.8 Å². The minimum atomic E-state index is -0.204. The lowest BCUT2D eigenvalue weighted by molar-refractivity contribution is -0.141. The third kappa shape index (κ3) is 4.71. The van der Waals surface area contributed by atoms with E-state index in [0.29, 0.717) is 32.5 Å². The maximum atomic E-state index is 13.2. The molecule has 2 unspecified atom stereocenters. The molecule has 7 heteroatoms. The first kappa shape index (κ1) is 19.5. The number of piperidine rings is 1. The van der Waals surface area contributed by atoms with Gasteiger partial charge in [0, 0.05) is 32.1 Å². The van der Waals surface area contributed by atoms with Gasteiger partial charge in [0.1, 0.15) is 18.1 Å². The molecule has 0 bridgehead atoms. The number of hydrogen-bond acceptors (Lipinski definition) is 5. The predicted octanol–water partition coefficient (Wildman–Crippen LogP) is 1.09. The van der Waals surface area contributed by atoms with Gasteiger partial charge < -0.3 is 25.4 Å². The summed E-state index contributed by atoms with van der Waals surface area (Å²) < 4.78 is 11.1. The Morgan fingerprint density at radius 3 is 3.00 bits per heavy atom. The number of methoxy groups -OCH3 is 1. The summed E-state index contributed by atoms with van der Waals surface area (Å²) in [7, 11) is 1.63. The summed E-state index contributed by atoms with van der Waals surface area (Å²) in [6.07, 6.45) is 3.94. The molecule has 1 aromatic rings. The van der Waals surface area contributed by atoms with Gasteiger partial charge in [-0.1, -0.05) is 0 Å². The van der Waals surface area contributed by atoms with E-state index in [9.17, 15) is 9.59 Å². The topological polar surface area (TPSA) is 93.9 Å². The van der Waals surface area contributed by atoms with Gasteiger partial charge in [-0.15, -0.1) is 0 Å². The van der Waals surface area contributed by atoms with Crippen molar-refractivity contribution in [2.45, 2.75) is 38.1 Å². The number of fused-ring (bicyclic) bond motifs is 1. The maximum absolute atomic E-state index is 13.2. The number of carbonyl (C=O) groups is 2. The smallest absolute Gasteiger partial charge is 0.229 e. The lowest BCUT2D eigenvalue weighted by Crippen LogP contribution is -2.52. The van der Waals surface area contributed by atoms with E-state index in [1.807, 2.05) is 23.1 Å². The van der Waals surface area contributed by atoms with E-state index >= 15 is 0 Å². The number of nitrogens with zero attached hydrogens (tertiary/aromatic N) is 1. The summed E-state index contributed by atoms with van der Waals surface area (Å²) in [5.74, 6) is 1.44. The van der Waals surface area contributed by atoms with Crippen LogP contribution >= 0.6 is 0 Å². The van der Waals surface area contributed by atoms with Gasteiger partial charge in [0.2, 0.25) is 11.8 Å². The molecule has 148 valence electrons. The SMILES string of the molecule is COc1ccc2c(c1)CC(C(=O)N1CCCCC1CNC(=O)CCN)CO2. The average Bonchev–Trinajstić information content (AvgIpc) is 2.71. The van der Waals surface area contributed by atoms with Gasteiger partial charge in [-0.05, 0) is 49.4 Å². The number of benzene rings is 1. The van der Waals surface area contributed by atoms with Gasteiger partial charge >= 0.3 is 0 Å². The molecule has 1 saturated heterocycles. The van der Waals surface area contributed by atoms with E-state index in [-0.39, 0.29) is 23.8 Å². The molecule has 1 aromatic carbocycles. The van der Waals surface area contributed by atoms with E-state index in [0.717, 1.165) is 42.9 Å². The molecule has 0 aromatic heterocycles. The number of amides is 2. The Labute approximate surface area is 160 Å².